The van der Waals surface area contributed by atoms with Crippen LogP contribution in [0, 0.1) is 21.7 Å². The number of anilines is 1. The monoisotopic (exact) mass is 362 g/mol. The van der Waals surface area contributed by atoms with Gasteiger partial charge in [-0.25, -0.2) is 17.2 Å². The van der Waals surface area contributed by atoms with Gasteiger partial charge in [0.05, 0.1) is 15.5 Å². The van der Waals surface area contributed by atoms with Crippen molar-refractivity contribution in [2.75, 3.05) is 11.6 Å². The van der Waals surface area contributed by atoms with Crippen molar-refractivity contribution in [1.82, 2.24) is 0 Å². The molecule has 0 radical (unpaired) electrons. The number of nitro groups is 1. The third-order valence-electron chi connectivity index (χ3n) is 2.80. The zero-order chi connectivity index (χ0) is 17.9. The van der Waals surface area contributed by atoms with E-state index in [4.69, 9.17) is 0 Å². The lowest BCUT2D eigenvalue weighted by Gasteiger charge is -2.10. The van der Waals surface area contributed by atoms with E-state index in [2.05, 4.69) is 4.74 Å². The number of hydrogen-bond acceptors (Lipinski definition) is 5. The molecule has 0 saturated carbocycles. The van der Waals surface area contributed by atoms with Crippen molar-refractivity contribution in [3.05, 3.63) is 58.1 Å². The molecule has 0 fully saturated rings. The van der Waals surface area contributed by atoms with Crippen molar-refractivity contribution in [2.45, 2.75) is 4.90 Å². The summed E-state index contributed by atoms with van der Waals surface area (Å²) < 4.78 is 69.7. The summed E-state index contributed by atoms with van der Waals surface area (Å²) in [5.74, 6) is -3.43. The molecular weight excluding hydrogens is 353 g/mol. The Morgan fingerprint density at radius 2 is 1.92 bits per heavy atom. The van der Waals surface area contributed by atoms with Crippen molar-refractivity contribution in [3.8, 4) is 5.75 Å². The summed E-state index contributed by atoms with van der Waals surface area (Å²) in [6.45, 7) is -1.13. The van der Waals surface area contributed by atoms with E-state index >= 15 is 0 Å². The third-order valence-corrected chi connectivity index (χ3v) is 4.16. The number of benzene rings is 2. The minimum Gasteiger partial charge on any atom is -0.463 e. The van der Waals surface area contributed by atoms with Crippen molar-refractivity contribution < 1.29 is 31.2 Å². The first kappa shape index (κ1) is 17.5. The van der Waals surface area contributed by atoms with Crippen LogP contribution in [0.1, 0.15) is 0 Å². The number of rotatable bonds is 6. The lowest BCUT2D eigenvalue weighted by atomic mass is 10.3. The first-order valence-electron chi connectivity index (χ1n) is 6.19. The SMILES string of the molecule is O=[N+]([O-])c1cc(S(=O)(=O)Nc2cccc(OCF)c2)cc(F)c1F. The highest BCUT2D eigenvalue weighted by Gasteiger charge is 2.25. The predicted octanol–water partition coefficient (Wildman–Crippen LogP) is 2.98. The standard InChI is InChI=1S/C13H9F3N2O5S/c14-7-23-9-3-1-2-8(4-9)17-24(21,22)10-5-11(15)13(16)12(6-10)18(19)20/h1-6,17H,7H2. The van der Waals surface area contributed by atoms with Crippen LogP contribution < -0.4 is 9.46 Å². The summed E-state index contributed by atoms with van der Waals surface area (Å²) in [4.78, 5) is 8.57. The third kappa shape index (κ3) is 3.74. The number of hydrogen-bond donors (Lipinski definition) is 1. The minimum atomic E-state index is -4.45. The van der Waals surface area contributed by atoms with Gasteiger partial charge in [0.25, 0.3) is 10.0 Å². The Hall–Kier alpha value is -2.82. The lowest BCUT2D eigenvalue weighted by Crippen LogP contribution is -2.14. The van der Waals surface area contributed by atoms with Crippen LogP contribution in [0.3, 0.4) is 0 Å². The van der Waals surface area contributed by atoms with E-state index in [1.807, 2.05) is 4.72 Å². The fraction of sp³-hybridized carbons (Fsp3) is 0.0769. The molecule has 2 aromatic rings. The summed E-state index contributed by atoms with van der Waals surface area (Å²) in [5, 5.41) is 10.7. The highest BCUT2D eigenvalue weighted by molar-refractivity contribution is 7.92. The van der Waals surface area contributed by atoms with Crippen molar-refractivity contribution in [1.29, 1.82) is 0 Å². The second-order valence-electron chi connectivity index (χ2n) is 4.38. The Morgan fingerprint density at radius 3 is 2.54 bits per heavy atom. The van der Waals surface area contributed by atoms with Crippen molar-refractivity contribution in [2.24, 2.45) is 0 Å². The van der Waals surface area contributed by atoms with E-state index in [0.29, 0.717) is 12.1 Å². The average Bonchev–Trinajstić information content (AvgIpc) is 2.49. The van der Waals surface area contributed by atoms with Crippen LogP contribution in [0.25, 0.3) is 0 Å². The van der Waals surface area contributed by atoms with Crippen LogP contribution in [-0.4, -0.2) is 20.2 Å². The number of halogens is 3. The first-order chi connectivity index (χ1) is 11.2. The lowest BCUT2D eigenvalue weighted by molar-refractivity contribution is -0.388. The molecule has 0 spiro atoms. The van der Waals surface area contributed by atoms with E-state index in [9.17, 15) is 31.7 Å². The summed E-state index contributed by atoms with van der Waals surface area (Å²) in [7, 11) is -4.45. The maximum absolute atomic E-state index is 13.4. The van der Waals surface area contributed by atoms with Gasteiger partial charge >= 0.3 is 5.69 Å². The Bertz CT molecular complexity index is 889. The molecule has 0 atom stereocenters. The molecule has 1 N–H and O–H groups in total. The highest BCUT2D eigenvalue weighted by atomic mass is 32.2. The number of ether oxygens (including phenoxy) is 1. The van der Waals surface area contributed by atoms with Gasteiger partial charge in [-0.2, -0.15) is 4.39 Å². The molecule has 0 aromatic heterocycles. The van der Waals surface area contributed by atoms with E-state index in [1.54, 1.807) is 0 Å². The van der Waals surface area contributed by atoms with Crippen LogP contribution in [0.15, 0.2) is 41.3 Å². The predicted molar refractivity (Wildman–Crippen MR) is 76.9 cm³/mol. The van der Waals surface area contributed by atoms with Gasteiger partial charge in [0.1, 0.15) is 5.75 Å². The molecule has 0 bridgehead atoms. The molecular formula is C13H9F3N2O5S. The molecule has 2 rings (SSSR count). The summed E-state index contributed by atoms with van der Waals surface area (Å²) >= 11 is 0. The fourth-order valence-corrected chi connectivity index (χ4v) is 2.85. The van der Waals surface area contributed by atoms with Gasteiger partial charge in [-0.15, -0.1) is 0 Å². The maximum atomic E-state index is 13.4. The second kappa shape index (κ2) is 6.74. The summed E-state index contributed by atoms with van der Waals surface area (Å²) in [6.07, 6.45) is 0. The van der Waals surface area contributed by atoms with E-state index in [1.165, 1.54) is 18.2 Å². The van der Waals surface area contributed by atoms with Crippen LogP contribution in [0.2, 0.25) is 0 Å². The summed E-state index contributed by atoms with van der Waals surface area (Å²) in [5.41, 5.74) is -1.38. The number of alkyl halides is 1. The molecule has 0 saturated heterocycles. The quantitative estimate of drug-likeness (QED) is 0.629. The number of nitrogens with one attached hydrogen (secondary N) is 1. The average molecular weight is 362 g/mol. The molecule has 128 valence electrons. The van der Waals surface area contributed by atoms with Gasteiger partial charge < -0.3 is 4.74 Å². The van der Waals surface area contributed by atoms with E-state index in [0.717, 1.165) is 6.07 Å². The Morgan fingerprint density at radius 1 is 1.21 bits per heavy atom. The fourth-order valence-electron chi connectivity index (χ4n) is 1.76. The number of nitro benzene ring substituents is 1. The van der Waals surface area contributed by atoms with Crippen LogP contribution in [-0.2, 0) is 10.0 Å². The van der Waals surface area contributed by atoms with E-state index in [-0.39, 0.29) is 11.4 Å². The van der Waals surface area contributed by atoms with Gasteiger partial charge in [0.2, 0.25) is 12.7 Å². The maximum Gasteiger partial charge on any atom is 0.309 e. The molecule has 0 heterocycles. The molecule has 0 aliphatic rings. The second-order valence-corrected chi connectivity index (χ2v) is 6.06. The zero-order valence-electron chi connectivity index (χ0n) is 11.7. The Balaban J connectivity index is 2.41. The topological polar surface area (TPSA) is 98.5 Å². The molecule has 0 unspecified atom stereocenters. The molecule has 0 aliphatic carbocycles. The van der Waals surface area contributed by atoms with Gasteiger partial charge in [-0.05, 0) is 18.2 Å². The number of sulfonamides is 1. The molecule has 24 heavy (non-hydrogen) atoms. The molecule has 0 aliphatic heterocycles. The smallest absolute Gasteiger partial charge is 0.309 e. The summed E-state index contributed by atoms with van der Waals surface area (Å²) in [6, 6.07) is 5.86. The van der Waals surface area contributed by atoms with Gasteiger partial charge in [-0.3, -0.25) is 14.8 Å². The van der Waals surface area contributed by atoms with E-state index < -0.39 is 44.0 Å². The largest absolute Gasteiger partial charge is 0.463 e. The Labute approximate surface area is 133 Å². The van der Waals surface area contributed by atoms with Crippen LogP contribution in [0.5, 0.6) is 5.75 Å². The van der Waals surface area contributed by atoms with Crippen molar-refractivity contribution in [3.63, 3.8) is 0 Å². The molecule has 11 heteroatoms. The minimum absolute atomic E-state index is 0.0222. The van der Waals surface area contributed by atoms with Crippen LogP contribution >= 0.6 is 0 Å². The normalized spacial score (nSPS) is 11.1. The zero-order valence-corrected chi connectivity index (χ0v) is 12.5. The highest BCUT2D eigenvalue weighted by Crippen LogP contribution is 2.27. The van der Waals surface area contributed by atoms with Gasteiger partial charge in [0, 0.05) is 12.1 Å². The molecule has 0 amide bonds. The molecule has 2 aromatic carbocycles. The first-order valence-corrected chi connectivity index (χ1v) is 7.68. The molecule has 7 nitrogen and oxygen atoms in total. The van der Waals surface area contributed by atoms with Gasteiger partial charge in [0.15, 0.2) is 5.82 Å². The van der Waals surface area contributed by atoms with Crippen molar-refractivity contribution >= 4 is 21.4 Å². The van der Waals surface area contributed by atoms with Gasteiger partial charge in [-0.1, -0.05) is 6.07 Å². The Kier molecular flexibility index (Phi) is 4.93. The number of nitrogens with zero attached hydrogens (tertiary/aromatic N) is 1. The van der Waals surface area contributed by atoms with Crippen LogP contribution in [0.4, 0.5) is 24.5 Å².